The number of amides is 2. The number of nitrogens with one attached hydrogen (secondary N) is 1. The Morgan fingerprint density at radius 2 is 2.17 bits per heavy atom. The molecule has 2 aliphatic rings. The van der Waals surface area contributed by atoms with E-state index in [1.807, 2.05) is 31.2 Å². The van der Waals surface area contributed by atoms with Crippen LogP contribution in [0.25, 0.3) is 0 Å². The molecule has 184 valence electrons. The number of carbonyl (C=O) groups is 2. The summed E-state index contributed by atoms with van der Waals surface area (Å²) in [5.74, 6) is -0.424. The number of thioether (sulfide) groups is 1. The molecule has 2 unspecified atom stereocenters. The Kier molecular flexibility index (Phi) is 7.67. The number of hydrogen-bond acceptors (Lipinski definition) is 8. The Labute approximate surface area is 206 Å². The van der Waals surface area contributed by atoms with Gasteiger partial charge >= 0.3 is 0 Å². The van der Waals surface area contributed by atoms with E-state index >= 15 is 0 Å². The Balaban J connectivity index is 1.52. The van der Waals surface area contributed by atoms with Gasteiger partial charge in [-0.1, -0.05) is 23.9 Å². The van der Waals surface area contributed by atoms with Crippen molar-refractivity contribution in [2.24, 2.45) is 4.99 Å². The number of benzene rings is 2. The van der Waals surface area contributed by atoms with Crippen molar-refractivity contribution in [3.8, 4) is 5.75 Å². The minimum absolute atomic E-state index is 0.0427. The molecule has 2 fully saturated rings. The van der Waals surface area contributed by atoms with E-state index in [1.165, 1.54) is 37.1 Å². The molecule has 0 radical (unpaired) electrons. The van der Waals surface area contributed by atoms with E-state index in [0.29, 0.717) is 24.1 Å². The first-order chi connectivity index (χ1) is 16.8. The number of aryl methyl sites for hydroxylation is 1. The molecule has 2 aliphatic heterocycles. The zero-order valence-corrected chi connectivity index (χ0v) is 20.2. The smallest absolute Gasteiger partial charge is 0.296 e. The van der Waals surface area contributed by atoms with Gasteiger partial charge in [-0.3, -0.25) is 24.6 Å². The minimum atomic E-state index is -0.697. The number of ether oxygens (including phenoxy) is 2. The van der Waals surface area contributed by atoms with Crippen molar-refractivity contribution < 1.29 is 24.0 Å². The molecule has 2 amide bonds. The van der Waals surface area contributed by atoms with Gasteiger partial charge in [-0.25, -0.2) is 4.99 Å². The van der Waals surface area contributed by atoms with E-state index in [4.69, 9.17) is 9.47 Å². The molecule has 0 bridgehead atoms. The zero-order chi connectivity index (χ0) is 24.9. The molecular weight excluding hydrogens is 472 g/mol. The molecule has 0 spiro atoms. The normalized spacial score (nSPS) is 20.9. The number of aliphatic imine (C=N–C) groups is 1. The second-order valence-corrected chi connectivity index (χ2v) is 9.49. The van der Waals surface area contributed by atoms with Crippen molar-refractivity contribution in [1.29, 1.82) is 0 Å². The van der Waals surface area contributed by atoms with E-state index in [2.05, 4.69) is 10.3 Å². The summed E-state index contributed by atoms with van der Waals surface area (Å²) in [5.41, 5.74) is 1.52. The predicted molar refractivity (Wildman–Crippen MR) is 133 cm³/mol. The molecule has 2 aromatic rings. The lowest BCUT2D eigenvalue weighted by Crippen LogP contribution is -2.38. The fourth-order valence-corrected chi connectivity index (χ4v) is 5.12. The molecule has 2 aromatic carbocycles. The van der Waals surface area contributed by atoms with Crippen LogP contribution in [-0.4, -0.2) is 58.4 Å². The van der Waals surface area contributed by atoms with Gasteiger partial charge in [0.15, 0.2) is 5.17 Å². The highest BCUT2D eigenvalue weighted by molar-refractivity contribution is 8.15. The summed E-state index contributed by atoms with van der Waals surface area (Å²) in [6, 6.07) is 11.8. The maximum Gasteiger partial charge on any atom is 0.296 e. The first-order valence-corrected chi connectivity index (χ1v) is 12.1. The lowest BCUT2D eigenvalue weighted by molar-refractivity contribution is -0.384. The van der Waals surface area contributed by atoms with Crippen molar-refractivity contribution >= 4 is 45.8 Å². The van der Waals surface area contributed by atoms with E-state index in [9.17, 15) is 19.7 Å². The molecule has 2 saturated heterocycles. The number of nitrogens with zero attached hydrogens (tertiary/aromatic N) is 3. The van der Waals surface area contributed by atoms with Gasteiger partial charge in [-0.05, 0) is 49.6 Å². The van der Waals surface area contributed by atoms with Crippen molar-refractivity contribution in [2.75, 3.05) is 25.6 Å². The van der Waals surface area contributed by atoms with Crippen LogP contribution in [0.3, 0.4) is 0 Å². The van der Waals surface area contributed by atoms with Crippen molar-refractivity contribution in [1.82, 2.24) is 4.90 Å². The number of anilines is 1. The maximum absolute atomic E-state index is 13.3. The first-order valence-electron chi connectivity index (χ1n) is 11.2. The zero-order valence-electron chi connectivity index (χ0n) is 19.4. The number of carbonyl (C=O) groups excluding carboxylic acids is 2. The standard InChI is InChI=1S/C24H26N4O6S/c1-15-5-3-6-16(11-15)25-24-27(14-18-7-4-10-34-18)23(30)21(35-24)13-22(29)26-19-9-8-17(33-2)12-20(19)28(31)32/h3,5-6,8-9,11-12,18,21H,4,7,10,13-14H2,1-2H3,(H,26,29). The van der Waals surface area contributed by atoms with Crippen LogP contribution in [0.2, 0.25) is 0 Å². The minimum Gasteiger partial charge on any atom is -0.496 e. The molecule has 2 atom stereocenters. The maximum atomic E-state index is 13.3. The average molecular weight is 499 g/mol. The van der Waals surface area contributed by atoms with Crippen LogP contribution in [0.1, 0.15) is 24.8 Å². The lowest BCUT2D eigenvalue weighted by Gasteiger charge is -2.20. The Morgan fingerprint density at radius 3 is 2.86 bits per heavy atom. The lowest BCUT2D eigenvalue weighted by atomic mass is 10.2. The molecule has 0 aromatic heterocycles. The summed E-state index contributed by atoms with van der Waals surface area (Å²) >= 11 is 1.22. The van der Waals surface area contributed by atoms with Crippen molar-refractivity contribution in [3.63, 3.8) is 0 Å². The monoisotopic (exact) mass is 498 g/mol. The second-order valence-electron chi connectivity index (χ2n) is 8.32. The van der Waals surface area contributed by atoms with E-state index in [0.717, 1.165) is 24.1 Å². The fraction of sp³-hybridized carbons (Fsp3) is 0.375. The van der Waals surface area contributed by atoms with Crippen LogP contribution in [-0.2, 0) is 14.3 Å². The number of methoxy groups -OCH3 is 1. The highest BCUT2D eigenvalue weighted by atomic mass is 32.2. The molecule has 10 nitrogen and oxygen atoms in total. The number of hydrogen-bond donors (Lipinski definition) is 1. The highest BCUT2D eigenvalue weighted by Gasteiger charge is 2.40. The van der Waals surface area contributed by atoms with Crippen LogP contribution in [0.5, 0.6) is 5.75 Å². The molecule has 4 rings (SSSR count). The Morgan fingerprint density at radius 1 is 1.34 bits per heavy atom. The van der Waals surface area contributed by atoms with Crippen LogP contribution < -0.4 is 10.1 Å². The summed E-state index contributed by atoms with van der Waals surface area (Å²) in [5, 5.41) is 13.8. The molecule has 0 aliphatic carbocycles. The van der Waals surface area contributed by atoms with Crippen LogP contribution >= 0.6 is 11.8 Å². The van der Waals surface area contributed by atoms with Crippen LogP contribution in [0.4, 0.5) is 17.1 Å². The average Bonchev–Trinajstić information content (AvgIpc) is 3.43. The molecule has 35 heavy (non-hydrogen) atoms. The number of rotatable bonds is 8. The molecule has 11 heteroatoms. The largest absolute Gasteiger partial charge is 0.496 e. The van der Waals surface area contributed by atoms with E-state index < -0.39 is 16.1 Å². The number of nitro benzene ring substituents is 1. The van der Waals surface area contributed by atoms with Crippen LogP contribution in [0.15, 0.2) is 47.5 Å². The third kappa shape index (κ3) is 5.98. The van der Waals surface area contributed by atoms with Gasteiger partial charge in [0, 0.05) is 13.0 Å². The summed E-state index contributed by atoms with van der Waals surface area (Å²) in [7, 11) is 1.40. The SMILES string of the molecule is COc1ccc(NC(=O)CC2SC(=Nc3cccc(C)c3)N(CC3CCCO3)C2=O)c([N+](=O)[O-])c1. The summed E-state index contributed by atoms with van der Waals surface area (Å²) in [6.07, 6.45) is 1.58. The highest BCUT2D eigenvalue weighted by Crippen LogP contribution is 2.34. The summed E-state index contributed by atoms with van der Waals surface area (Å²) in [6.45, 7) is 3.00. The van der Waals surface area contributed by atoms with Gasteiger partial charge in [0.1, 0.15) is 16.7 Å². The molecule has 1 N–H and O–H groups in total. The van der Waals surface area contributed by atoms with Gasteiger partial charge < -0.3 is 14.8 Å². The third-order valence-electron chi connectivity index (χ3n) is 5.70. The van der Waals surface area contributed by atoms with Gasteiger partial charge in [0.05, 0.1) is 36.4 Å². The van der Waals surface area contributed by atoms with Gasteiger partial charge in [-0.15, -0.1) is 0 Å². The predicted octanol–water partition coefficient (Wildman–Crippen LogP) is 4.05. The van der Waals surface area contributed by atoms with E-state index in [-0.39, 0.29) is 29.8 Å². The van der Waals surface area contributed by atoms with Gasteiger partial charge in [0.25, 0.3) is 5.69 Å². The van der Waals surface area contributed by atoms with Gasteiger partial charge in [-0.2, -0.15) is 0 Å². The Bertz CT molecular complexity index is 1160. The Hall–Kier alpha value is -3.44. The van der Waals surface area contributed by atoms with Crippen molar-refractivity contribution in [2.45, 2.75) is 37.5 Å². The van der Waals surface area contributed by atoms with Crippen LogP contribution in [0, 0.1) is 17.0 Å². The first kappa shape index (κ1) is 24.7. The third-order valence-corrected chi connectivity index (χ3v) is 6.88. The molecule has 0 saturated carbocycles. The molecular formula is C24H26N4O6S. The topological polar surface area (TPSA) is 123 Å². The number of amidine groups is 1. The van der Waals surface area contributed by atoms with Crippen molar-refractivity contribution in [3.05, 3.63) is 58.1 Å². The fourth-order valence-electron chi connectivity index (χ4n) is 3.96. The molecule has 2 heterocycles. The van der Waals surface area contributed by atoms with E-state index in [1.54, 1.807) is 4.90 Å². The number of nitro groups is 1. The summed E-state index contributed by atoms with van der Waals surface area (Å²) in [4.78, 5) is 43.2. The quantitative estimate of drug-likeness (QED) is 0.430. The second kappa shape index (κ2) is 10.9. The van der Waals surface area contributed by atoms with Gasteiger partial charge in [0.2, 0.25) is 11.8 Å². The summed E-state index contributed by atoms with van der Waals surface area (Å²) < 4.78 is 10.7.